The number of rotatable bonds is 12. The van der Waals surface area contributed by atoms with Crippen molar-refractivity contribution >= 4 is 17.5 Å². The van der Waals surface area contributed by atoms with Gasteiger partial charge in [0, 0.05) is 53.8 Å². The number of aliphatic hydroxyl groups excluding tert-OH is 1. The second-order valence-electron chi connectivity index (χ2n) is 9.37. The number of alkyl halides is 2. The van der Waals surface area contributed by atoms with Gasteiger partial charge in [0.1, 0.15) is 34.7 Å². The van der Waals surface area contributed by atoms with E-state index in [4.69, 9.17) is 14.2 Å². The highest BCUT2D eigenvalue weighted by Crippen LogP contribution is 2.33. The SMILES string of the molecule is COc1ccc(CNc2cc(Nc3cc(OC)c(-c4cnn(C(C)(C)CO)c4)cn3)nc(C(F)F)n2)c(OC)c1. The fourth-order valence-electron chi connectivity index (χ4n) is 3.79. The predicted octanol–water partition coefficient (Wildman–Crippen LogP) is 4.78. The number of aliphatic hydroxyl groups is 1. The monoisotopic (exact) mass is 555 g/mol. The molecule has 0 saturated heterocycles. The van der Waals surface area contributed by atoms with Crippen molar-refractivity contribution in [1.82, 2.24) is 24.7 Å². The molecule has 1 aromatic carbocycles. The molecule has 0 aliphatic heterocycles. The van der Waals surface area contributed by atoms with Crippen LogP contribution in [0.1, 0.15) is 31.7 Å². The van der Waals surface area contributed by atoms with Gasteiger partial charge in [0.15, 0.2) is 5.82 Å². The first kappa shape index (κ1) is 28.5. The van der Waals surface area contributed by atoms with Crippen LogP contribution in [-0.2, 0) is 12.1 Å². The summed E-state index contributed by atoms with van der Waals surface area (Å²) in [4.78, 5) is 12.3. The Labute approximate surface area is 230 Å². The van der Waals surface area contributed by atoms with Crippen LogP contribution in [0.5, 0.6) is 17.2 Å². The van der Waals surface area contributed by atoms with Crippen molar-refractivity contribution in [2.75, 3.05) is 38.6 Å². The van der Waals surface area contributed by atoms with Gasteiger partial charge >= 0.3 is 0 Å². The lowest BCUT2D eigenvalue weighted by molar-refractivity contribution is 0.140. The van der Waals surface area contributed by atoms with Crippen molar-refractivity contribution in [2.45, 2.75) is 32.4 Å². The summed E-state index contributed by atoms with van der Waals surface area (Å²) in [7, 11) is 4.60. The Morgan fingerprint density at radius 2 is 1.70 bits per heavy atom. The third kappa shape index (κ3) is 6.37. The smallest absolute Gasteiger partial charge is 0.297 e. The minimum atomic E-state index is -2.89. The number of aromatic nitrogens is 5. The molecule has 40 heavy (non-hydrogen) atoms. The Hall–Kier alpha value is -4.52. The standard InChI is InChI=1S/C27H31F2N7O4/c1-27(2,15-37)36-14-17(12-32-36)19-13-31-22(9-21(19)40-5)33-24-10-23(34-26(35-24)25(28)29)30-11-16-6-7-18(38-3)8-20(16)39-4/h6-10,12-14,25,37H,11,15H2,1-5H3,(H2,30,31,33,34,35). The first-order valence-corrected chi connectivity index (χ1v) is 12.3. The first-order chi connectivity index (χ1) is 19.2. The van der Waals surface area contributed by atoms with Crippen molar-refractivity contribution in [3.63, 3.8) is 0 Å². The number of benzene rings is 1. The molecule has 0 fully saturated rings. The fourth-order valence-corrected chi connectivity index (χ4v) is 3.79. The van der Waals surface area contributed by atoms with Crippen LogP contribution in [0, 0.1) is 0 Å². The molecule has 4 rings (SSSR count). The van der Waals surface area contributed by atoms with Gasteiger partial charge in [-0.15, -0.1) is 0 Å². The zero-order valence-corrected chi connectivity index (χ0v) is 22.8. The van der Waals surface area contributed by atoms with Gasteiger partial charge in [-0.25, -0.2) is 23.7 Å². The molecular weight excluding hydrogens is 524 g/mol. The number of ether oxygens (including phenoxy) is 3. The number of hydrogen-bond donors (Lipinski definition) is 3. The summed E-state index contributed by atoms with van der Waals surface area (Å²) in [6, 6.07) is 8.45. The lowest BCUT2D eigenvalue weighted by atomic mass is 10.1. The van der Waals surface area contributed by atoms with Gasteiger partial charge in [-0.05, 0) is 26.0 Å². The normalized spacial score (nSPS) is 11.4. The average molecular weight is 556 g/mol. The maximum absolute atomic E-state index is 13.6. The zero-order valence-electron chi connectivity index (χ0n) is 22.8. The first-order valence-electron chi connectivity index (χ1n) is 12.3. The van der Waals surface area contributed by atoms with Gasteiger partial charge < -0.3 is 30.0 Å². The lowest BCUT2D eigenvalue weighted by Crippen LogP contribution is -2.30. The Balaban J connectivity index is 1.57. The number of hydrogen-bond acceptors (Lipinski definition) is 10. The molecule has 3 N–H and O–H groups in total. The van der Waals surface area contributed by atoms with Gasteiger partial charge in [-0.3, -0.25) is 4.68 Å². The van der Waals surface area contributed by atoms with E-state index in [0.717, 1.165) is 11.1 Å². The summed E-state index contributed by atoms with van der Waals surface area (Å²) < 4.78 is 45.1. The maximum atomic E-state index is 13.6. The molecule has 3 aromatic heterocycles. The van der Waals surface area contributed by atoms with Crippen molar-refractivity contribution in [3.8, 4) is 28.4 Å². The molecule has 0 aliphatic carbocycles. The fraction of sp³-hybridized carbons (Fsp3) is 0.333. The van der Waals surface area contributed by atoms with E-state index in [2.05, 4.69) is 30.7 Å². The maximum Gasteiger partial charge on any atom is 0.297 e. The van der Waals surface area contributed by atoms with E-state index in [-0.39, 0.29) is 24.8 Å². The van der Waals surface area contributed by atoms with Crippen LogP contribution < -0.4 is 24.8 Å². The van der Waals surface area contributed by atoms with Crippen molar-refractivity contribution < 1.29 is 28.1 Å². The van der Waals surface area contributed by atoms with Gasteiger partial charge in [0.2, 0.25) is 0 Å². The Kier molecular flexibility index (Phi) is 8.63. The highest BCUT2D eigenvalue weighted by atomic mass is 19.3. The second-order valence-corrected chi connectivity index (χ2v) is 9.37. The third-order valence-corrected chi connectivity index (χ3v) is 6.14. The number of halogens is 2. The summed E-state index contributed by atoms with van der Waals surface area (Å²) in [6.45, 7) is 3.89. The van der Waals surface area contributed by atoms with Crippen molar-refractivity contribution in [2.24, 2.45) is 0 Å². The molecule has 13 heteroatoms. The number of anilines is 3. The summed E-state index contributed by atoms with van der Waals surface area (Å²) >= 11 is 0. The topological polar surface area (TPSA) is 128 Å². The van der Waals surface area contributed by atoms with E-state index in [1.54, 1.807) is 48.6 Å². The van der Waals surface area contributed by atoms with Gasteiger partial charge in [0.25, 0.3) is 6.43 Å². The van der Waals surface area contributed by atoms with Gasteiger partial charge in [-0.1, -0.05) is 0 Å². The number of nitrogens with one attached hydrogen (secondary N) is 2. The van der Waals surface area contributed by atoms with Crippen molar-refractivity contribution in [3.05, 3.63) is 60.3 Å². The van der Waals surface area contributed by atoms with E-state index in [1.807, 2.05) is 19.9 Å². The van der Waals surface area contributed by atoms with Crippen LogP contribution in [0.15, 0.2) is 48.9 Å². The molecule has 11 nitrogen and oxygen atoms in total. The highest BCUT2D eigenvalue weighted by molar-refractivity contribution is 5.71. The molecular formula is C27H31F2N7O4. The van der Waals surface area contributed by atoms with Crippen LogP contribution in [0.25, 0.3) is 11.1 Å². The highest BCUT2D eigenvalue weighted by Gasteiger charge is 2.21. The molecule has 4 aromatic rings. The summed E-state index contributed by atoms with van der Waals surface area (Å²) in [5.74, 6) is 1.68. The summed E-state index contributed by atoms with van der Waals surface area (Å²) in [5.41, 5.74) is 1.60. The van der Waals surface area contributed by atoms with E-state index in [1.165, 1.54) is 20.3 Å². The molecule has 212 valence electrons. The molecule has 3 heterocycles. The van der Waals surface area contributed by atoms with Crippen LogP contribution in [0.4, 0.5) is 26.2 Å². The lowest BCUT2D eigenvalue weighted by Gasteiger charge is -2.22. The quantitative estimate of drug-likeness (QED) is 0.225. The van der Waals surface area contributed by atoms with Crippen molar-refractivity contribution in [1.29, 1.82) is 0 Å². The number of nitrogens with zero attached hydrogens (tertiary/aromatic N) is 5. The van der Waals surface area contributed by atoms with E-state index >= 15 is 0 Å². The Morgan fingerprint density at radius 1 is 0.950 bits per heavy atom. The molecule has 0 bridgehead atoms. The van der Waals surface area contributed by atoms with Crippen LogP contribution >= 0.6 is 0 Å². The minimum Gasteiger partial charge on any atom is -0.497 e. The molecule has 0 amide bonds. The Bertz CT molecular complexity index is 1460. The van der Waals surface area contributed by atoms with E-state index in [0.29, 0.717) is 28.6 Å². The second kappa shape index (κ2) is 12.1. The molecule has 0 atom stereocenters. The van der Waals surface area contributed by atoms with Gasteiger partial charge in [-0.2, -0.15) is 5.10 Å². The predicted molar refractivity (Wildman–Crippen MR) is 146 cm³/mol. The summed E-state index contributed by atoms with van der Waals surface area (Å²) in [5, 5.41) is 20.0. The average Bonchev–Trinajstić information content (AvgIpc) is 3.47. The summed E-state index contributed by atoms with van der Waals surface area (Å²) in [6.07, 6.45) is 2.14. The number of methoxy groups -OCH3 is 3. The third-order valence-electron chi connectivity index (χ3n) is 6.14. The van der Waals surface area contributed by atoms with Crippen LogP contribution in [-0.4, -0.2) is 57.8 Å². The largest absolute Gasteiger partial charge is 0.497 e. The molecule has 0 saturated carbocycles. The Morgan fingerprint density at radius 3 is 2.38 bits per heavy atom. The van der Waals surface area contributed by atoms with E-state index < -0.39 is 17.8 Å². The number of pyridine rings is 1. The zero-order chi connectivity index (χ0) is 28.9. The minimum absolute atomic E-state index is 0.0869. The molecule has 0 spiro atoms. The molecule has 0 aliphatic rings. The van der Waals surface area contributed by atoms with E-state index in [9.17, 15) is 13.9 Å². The molecule has 0 unspecified atom stereocenters. The van der Waals surface area contributed by atoms with Crippen LogP contribution in [0.2, 0.25) is 0 Å². The van der Waals surface area contributed by atoms with Gasteiger partial charge in [0.05, 0.1) is 39.7 Å². The van der Waals surface area contributed by atoms with Crippen LogP contribution in [0.3, 0.4) is 0 Å². The molecule has 0 radical (unpaired) electrons.